The number of carbonyl (C=O) groups is 3. The van der Waals surface area contributed by atoms with Crippen LogP contribution in [0.3, 0.4) is 0 Å². The van der Waals surface area contributed by atoms with E-state index >= 15 is 0 Å². The molecule has 0 aliphatic rings. The molecule has 0 bridgehead atoms. The van der Waals surface area contributed by atoms with Crippen molar-refractivity contribution in [1.29, 1.82) is 0 Å². The number of nitrogens with one attached hydrogen (secondary N) is 1. The number of esters is 2. The number of thiophene rings is 1. The van der Waals surface area contributed by atoms with E-state index in [-0.39, 0.29) is 11.3 Å². The molecule has 24 heteroatoms. The molecule has 0 radical (unpaired) electrons. The molecule has 0 fully saturated rings. The first-order valence-corrected chi connectivity index (χ1v) is 10.9. The van der Waals surface area contributed by atoms with Gasteiger partial charge in [-0.05, 0) is 24.1 Å². The fourth-order valence-corrected chi connectivity index (χ4v) is 3.95. The largest absolute Gasteiger partial charge is 0.465 e. The van der Waals surface area contributed by atoms with Crippen molar-refractivity contribution in [3.8, 4) is 0 Å². The van der Waals surface area contributed by atoms with Crippen LogP contribution in [0.1, 0.15) is 25.6 Å². The van der Waals surface area contributed by atoms with E-state index in [1.807, 2.05) is 0 Å². The van der Waals surface area contributed by atoms with Crippen molar-refractivity contribution >= 4 is 45.8 Å². The van der Waals surface area contributed by atoms with Gasteiger partial charge in [-0.2, -0.15) is 70.2 Å². The van der Waals surface area contributed by atoms with Gasteiger partial charge in [0.2, 0.25) is 0 Å². The second-order valence-corrected chi connectivity index (χ2v) is 9.21. The van der Waals surface area contributed by atoms with Gasteiger partial charge in [-0.3, -0.25) is 4.79 Å². The summed E-state index contributed by atoms with van der Waals surface area (Å²) < 4.78 is 226. The lowest BCUT2D eigenvalue weighted by atomic mass is 9.89. The molecule has 242 valence electrons. The smallest absolute Gasteiger partial charge is 0.393 e. The molecule has 0 aliphatic heterocycles. The van der Waals surface area contributed by atoms with Gasteiger partial charge in [-0.25, -0.2) is 9.59 Å². The van der Waals surface area contributed by atoms with Crippen molar-refractivity contribution in [2.75, 3.05) is 19.5 Å². The Hall–Kier alpha value is -2.72. The van der Waals surface area contributed by atoms with Crippen molar-refractivity contribution in [3.05, 3.63) is 16.0 Å². The van der Waals surface area contributed by atoms with Crippen LogP contribution in [0.25, 0.3) is 0 Å². The Morgan fingerprint density at radius 1 is 0.643 bits per heavy atom. The van der Waals surface area contributed by atoms with Crippen LogP contribution in [0.4, 0.5) is 75.2 Å². The average Bonchev–Trinajstić information content (AvgIpc) is 3.16. The van der Waals surface area contributed by atoms with Crippen LogP contribution in [-0.2, 0) is 14.3 Å². The summed E-state index contributed by atoms with van der Waals surface area (Å²) in [5, 5.41) is -7.71. The summed E-state index contributed by atoms with van der Waals surface area (Å²) in [6.45, 7) is 0.828. The molecule has 0 aliphatic carbocycles. The predicted molar refractivity (Wildman–Crippen MR) is 106 cm³/mol. The van der Waals surface area contributed by atoms with Gasteiger partial charge in [-0.1, -0.05) is 0 Å². The summed E-state index contributed by atoms with van der Waals surface area (Å²) in [6, 6.07) is 0. The van der Waals surface area contributed by atoms with E-state index in [2.05, 4.69) is 21.1 Å². The van der Waals surface area contributed by atoms with E-state index < -0.39 is 85.7 Å². The minimum Gasteiger partial charge on any atom is -0.465 e. The third-order valence-electron chi connectivity index (χ3n) is 5.14. The lowest BCUT2D eigenvalue weighted by Gasteiger charge is -2.42. The van der Waals surface area contributed by atoms with Gasteiger partial charge >= 0.3 is 64.7 Å². The molecule has 0 saturated heterocycles. The lowest BCUT2D eigenvalue weighted by Crippen LogP contribution is -2.75. The first-order chi connectivity index (χ1) is 18.4. The summed E-state index contributed by atoms with van der Waals surface area (Å²) in [7, 11) is 1.30. The zero-order valence-electron chi connectivity index (χ0n) is 19.9. The highest BCUT2D eigenvalue weighted by atomic mass is 35.5. The summed E-state index contributed by atoms with van der Waals surface area (Å²) >= 11 is 3.17. The molecule has 0 unspecified atom stereocenters. The standard InChI is InChI=1S/C18H10ClF16NO5S/c1-4-5(8(37)40-2)7(42-6(4)9(38)41-3)36-10(39)11(20,21)12(22,23)13(24,25)14(26,27)15(28,29)16(30,31)17(32,33)18(19,34)35/h1-3H3,(H,36,39). The molecule has 1 N–H and O–H groups in total. The molecule has 1 aromatic heterocycles. The van der Waals surface area contributed by atoms with E-state index in [9.17, 15) is 84.6 Å². The van der Waals surface area contributed by atoms with Crippen molar-refractivity contribution in [2.24, 2.45) is 0 Å². The zero-order valence-corrected chi connectivity index (χ0v) is 21.4. The van der Waals surface area contributed by atoms with Crippen LogP contribution in [0.15, 0.2) is 0 Å². The summed E-state index contributed by atoms with van der Waals surface area (Å²) in [5.74, 6) is -64.9. The minimum absolute atomic E-state index is 0.264. The van der Waals surface area contributed by atoms with Crippen LogP contribution in [-0.4, -0.2) is 78.9 Å². The molecule has 42 heavy (non-hydrogen) atoms. The number of amides is 1. The highest BCUT2D eigenvalue weighted by Gasteiger charge is 2.95. The van der Waals surface area contributed by atoms with Gasteiger partial charge in [0.05, 0.1) is 19.8 Å². The van der Waals surface area contributed by atoms with Crippen molar-refractivity contribution < 1.29 is 94.1 Å². The van der Waals surface area contributed by atoms with Crippen LogP contribution in [0.5, 0.6) is 0 Å². The normalized spacial score (nSPS) is 14.5. The molecule has 0 atom stereocenters. The number of anilines is 1. The summed E-state index contributed by atoms with van der Waals surface area (Å²) in [5.41, 5.74) is -1.72. The number of hydrogen-bond donors (Lipinski definition) is 1. The third-order valence-corrected chi connectivity index (χ3v) is 6.57. The van der Waals surface area contributed by atoms with Crippen molar-refractivity contribution in [3.63, 3.8) is 0 Å². The molecular formula is C18H10ClF16NO5S. The first kappa shape index (κ1) is 37.3. The average molecular weight is 692 g/mol. The number of alkyl halides is 17. The van der Waals surface area contributed by atoms with Gasteiger partial charge in [0.1, 0.15) is 9.88 Å². The highest BCUT2D eigenvalue weighted by molar-refractivity contribution is 7.18. The van der Waals surface area contributed by atoms with E-state index in [1.165, 1.54) is 0 Å². The monoisotopic (exact) mass is 691 g/mol. The Balaban J connectivity index is 3.73. The molecule has 1 rings (SSSR count). The third kappa shape index (κ3) is 5.08. The minimum atomic E-state index is -8.77. The van der Waals surface area contributed by atoms with Crippen molar-refractivity contribution in [2.45, 2.75) is 53.8 Å². The Kier molecular flexibility index (Phi) is 9.57. The summed E-state index contributed by atoms with van der Waals surface area (Å²) in [6.07, 6.45) is 0. The maximum Gasteiger partial charge on any atom is 0.393 e. The van der Waals surface area contributed by atoms with Crippen LogP contribution >= 0.6 is 22.9 Å². The van der Waals surface area contributed by atoms with Gasteiger partial charge in [0.15, 0.2) is 0 Å². The molecule has 0 aromatic carbocycles. The molecule has 6 nitrogen and oxygen atoms in total. The molecule has 1 amide bonds. The van der Waals surface area contributed by atoms with E-state index in [0.29, 0.717) is 19.5 Å². The number of hydrogen-bond acceptors (Lipinski definition) is 6. The topological polar surface area (TPSA) is 81.7 Å². The SMILES string of the molecule is COC(=O)c1sc(NC(=O)C(F)(F)C(F)(F)C(F)(F)C(F)(F)C(F)(F)C(F)(F)C(F)(F)C(F)(F)Cl)c(C(=O)OC)c1C. The number of halogens is 17. The highest BCUT2D eigenvalue weighted by Crippen LogP contribution is 2.64. The predicted octanol–water partition coefficient (Wildman–Crippen LogP) is 6.85. The van der Waals surface area contributed by atoms with E-state index in [4.69, 9.17) is 0 Å². The zero-order chi connectivity index (χ0) is 33.9. The van der Waals surface area contributed by atoms with Crippen LogP contribution in [0.2, 0.25) is 0 Å². The lowest BCUT2D eigenvalue weighted by molar-refractivity contribution is -0.445. The van der Waals surface area contributed by atoms with Gasteiger partial charge in [0, 0.05) is 0 Å². The Morgan fingerprint density at radius 2 is 1.00 bits per heavy atom. The maximum absolute atomic E-state index is 14.3. The van der Waals surface area contributed by atoms with Crippen molar-refractivity contribution in [1.82, 2.24) is 0 Å². The second kappa shape index (κ2) is 10.8. The number of rotatable bonds is 11. The molecule has 0 saturated carbocycles. The second-order valence-electron chi connectivity index (χ2n) is 7.72. The first-order valence-electron chi connectivity index (χ1n) is 9.71. The van der Waals surface area contributed by atoms with Crippen LogP contribution in [0, 0.1) is 6.92 Å². The quantitative estimate of drug-likeness (QED) is 0.156. The molecular weight excluding hydrogens is 682 g/mol. The van der Waals surface area contributed by atoms with Gasteiger partial charge in [0.25, 0.3) is 0 Å². The Morgan fingerprint density at radius 3 is 1.36 bits per heavy atom. The molecule has 1 aromatic rings. The fraction of sp³-hybridized carbons (Fsp3) is 0.611. The Bertz CT molecular complexity index is 1240. The Labute approximate surface area is 229 Å². The van der Waals surface area contributed by atoms with Gasteiger partial charge < -0.3 is 14.8 Å². The fourth-order valence-electron chi connectivity index (χ4n) is 2.72. The molecule has 0 spiro atoms. The molecule has 1 heterocycles. The van der Waals surface area contributed by atoms with Crippen LogP contribution < -0.4 is 5.32 Å². The van der Waals surface area contributed by atoms with Gasteiger partial charge in [-0.15, -0.1) is 11.3 Å². The summed E-state index contributed by atoms with van der Waals surface area (Å²) in [4.78, 5) is 34.7. The maximum atomic E-state index is 14.3. The van der Waals surface area contributed by atoms with E-state index in [1.54, 1.807) is 0 Å². The number of ether oxygens (including phenoxy) is 2. The number of carbonyl (C=O) groups excluding carboxylic acids is 3. The number of methoxy groups -OCH3 is 2. The van der Waals surface area contributed by atoms with E-state index in [0.717, 1.165) is 6.92 Å².